The van der Waals surface area contributed by atoms with Gasteiger partial charge in [0, 0.05) is 29.6 Å². The molecule has 1 aromatic heterocycles. The molecule has 0 spiro atoms. The van der Waals surface area contributed by atoms with Crippen LogP contribution in [0.25, 0.3) is 10.9 Å². The van der Waals surface area contributed by atoms with Gasteiger partial charge in [-0.05, 0) is 42.8 Å². The molecule has 4 aromatic rings. The first-order valence-electron chi connectivity index (χ1n) is 11.5. The molecule has 7 heteroatoms. The maximum atomic E-state index is 13.8. The Hall–Kier alpha value is -4.13. The van der Waals surface area contributed by atoms with Gasteiger partial charge in [0.2, 0.25) is 5.91 Å². The molecule has 0 saturated heterocycles. The van der Waals surface area contributed by atoms with Crippen molar-refractivity contribution in [3.63, 3.8) is 0 Å². The summed E-state index contributed by atoms with van der Waals surface area (Å²) in [4.78, 5) is 29.1. The van der Waals surface area contributed by atoms with Crippen LogP contribution in [0.2, 0.25) is 0 Å². The molecule has 0 radical (unpaired) electrons. The van der Waals surface area contributed by atoms with Crippen molar-refractivity contribution >= 4 is 22.7 Å². The molecule has 1 unspecified atom stereocenters. The van der Waals surface area contributed by atoms with E-state index in [1.807, 2.05) is 59.2 Å². The summed E-state index contributed by atoms with van der Waals surface area (Å²) in [6.07, 6.45) is 0. The number of para-hydroxylation sites is 2. The van der Waals surface area contributed by atoms with E-state index in [2.05, 4.69) is 5.32 Å². The van der Waals surface area contributed by atoms with E-state index < -0.39 is 5.54 Å². The van der Waals surface area contributed by atoms with Crippen LogP contribution in [0.5, 0.6) is 5.75 Å². The number of methoxy groups -OCH3 is 1. The van der Waals surface area contributed by atoms with E-state index in [4.69, 9.17) is 4.74 Å². The number of halogens is 1. The Labute approximate surface area is 202 Å². The minimum Gasteiger partial charge on any atom is -0.496 e. The zero-order valence-corrected chi connectivity index (χ0v) is 19.6. The van der Waals surface area contributed by atoms with Crippen molar-refractivity contribution < 1.29 is 18.7 Å². The van der Waals surface area contributed by atoms with Crippen molar-refractivity contribution in [2.45, 2.75) is 32.1 Å². The van der Waals surface area contributed by atoms with Crippen molar-refractivity contribution in [2.24, 2.45) is 0 Å². The molecular weight excluding hydrogens is 445 g/mol. The molecule has 0 saturated carbocycles. The fourth-order valence-electron chi connectivity index (χ4n) is 4.74. The number of benzene rings is 3. The number of carbonyl (C=O) groups is 2. The molecule has 1 N–H and O–H groups in total. The molecular formula is C28H26FN3O3. The lowest BCUT2D eigenvalue weighted by molar-refractivity contribution is -0.133. The Morgan fingerprint density at radius 2 is 1.77 bits per heavy atom. The summed E-state index contributed by atoms with van der Waals surface area (Å²) in [5, 5.41) is 3.96. The number of nitrogens with zero attached hydrogens (tertiary/aromatic N) is 2. The van der Waals surface area contributed by atoms with Gasteiger partial charge < -0.3 is 19.5 Å². The van der Waals surface area contributed by atoms with Crippen molar-refractivity contribution in [3.8, 4) is 5.75 Å². The number of ether oxygens (including phenoxy) is 1. The quantitative estimate of drug-likeness (QED) is 0.450. The lowest BCUT2D eigenvalue weighted by atomic mass is 9.93. The fraction of sp³-hybridized carbons (Fsp3) is 0.214. The predicted molar refractivity (Wildman–Crippen MR) is 131 cm³/mol. The van der Waals surface area contributed by atoms with Crippen LogP contribution in [0.3, 0.4) is 0 Å². The van der Waals surface area contributed by atoms with Gasteiger partial charge in [-0.25, -0.2) is 4.39 Å². The molecule has 1 atom stereocenters. The fourth-order valence-corrected chi connectivity index (χ4v) is 4.74. The first-order chi connectivity index (χ1) is 16.9. The van der Waals surface area contributed by atoms with E-state index in [0.717, 1.165) is 22.0 Å². The molecule has 6 nitrogen and oxygen atoms in total. The van der Waals surface area contributed by atoms with Gasteiger partial charge in [-0.1, -0.05) is 48.5 Å². The van der Waals surface area contributed by atoms with Gasteiger partial charge in [-0.15, -0.1) is 0 Å². The van der Waals surface area contributed by atoms with Crippen LogP contribution < -0.4 is 10.1 Å². The topological polar surface area (TPSA) is 63.6 Å². The molecule has 178 valence electrons. The first-order valence-corrected chi connectivity index (χ1v) is 11.5. The van der Waals surface area contributed by atoms with Crippen molar-refractivity contribution in [1.82, 2.24) is 14.8 Å². The maximum absolute atomic E-state index is 13.8. The van der Waals surface area contributed by atoms with Crippen LogP contribution >= 0.6 is 0 Å². The van der Waals surface area contributed by atoms with E-state index >= 15 is 0 Å². The van der Waals surface area contributed by atoms with Gasteiger partial charge in [-0.3, -0.25) is 9.59 Å². The smallest absolute Gasteiger partial charge is 0.271 e. The van der Waals surface area contributed by atoms with Gasteiger partial charge in [0.05, 0.1) is 13.7 Å². The molecule has 1 aliphatic heterocycles. The normalized spacial score (nSPS) is 17.3. The third-order valence-corrected chi connectivity index (χ3v) is 6.71. The third kappa shape index (κ3) is 4.03. The molecule has 0 fully saturated rings. The van der Waals surface area contributed by atoms with Crippen molar-refractivity contribution in [1.29, 1.82) is 0 Å². The van der Waals surface area contributed by atoms with Crippen LogP contribution in [0.1, 0.15) is 28.5 Å². The Morgan fingerprint density at radius 3 is 2.54 bits per heavy atom. The van der Waals surface area contributed by atoms with Gasteiger partial charge in [-0.2, -0.15) is 0 Å². The average Bonchev–Trinajstić information content (AvgIpc) is 3.24. The first kappa shape index (κ1) is 22.7. The number of amides is 2. The summed E-state index contributed by atoms with van der Waals surface area (Å²) in [5.74, 6) is -0.190. The minimum absolute atomic E-state index is 0.180. The van der Waals surface area contributed by atoms with Gasteiger partial charge in [0.15, 0.2) is 0 Å². The highest BCUT2D eigenvalue weighted by atomic mass is 19.1. The molecule has 2 amide bonds. The average molecular weight is 472 g/mol. The Kier molecular flexibility index (Phi) is 5.76. The van der Waals surface area contributed by atoms with E-state index in [0.29, 0.717) is 18.0 Å². The molecule has 3 aromatic carbocycles. The van der Waals surface area contributed by atoms with Crippen LogP contribution in [0.4, 0.5) is 4.39 Å². The lowest BCUT2D eigenvalue weighted by Crippen LogP contribution is -2.63. The SMILES string of the molecule is COc1ccccc1CNC(=O)C1(C)Cn2c(cc3ccccc32)C(=O)N1Cc1ccc(F)cc1. The summed E-state index contributed by atoms with van der Waals surface area (Å²) in [5.41, 5.74) is 1.84. The third-order valence-electron chi connectivity index (χ3n) is 6.71. The van der Waals surface area contributed by atoms with Crippen LogP contribution in [-0.2, 0) is 24.4 Å². The summed E-state index contributed by atoms with van der Waals surface area (Å²) in [6, 6.07) is 23.1. The molecule has 1 aliphatic rings. The van der Waals surface area contributed by atoms with E-state index in [9.17, 15) is 14.0 Å². The molecule has 0 bridgehead atoms. The molecule has 2 heterocycles. The Morgan fingerprint density at radius 1 is 1.06 bits per heavy atom. The zero-order valence-electron chi connectivity index (χ0n) is 19.6. The highest BCUT2D eigenvalue weighted by Gasteiger charge is 2.47. The van der Waals surface area contributed by atoms with Gasteiger partial charge in [0.1, 0.15) is 22.8 Å². The second-order valence-electron chi connectivity index (χ2n) is 8.96. The number of carbonyl (C=O) groups excluding carboxylic acids is 2. The van der Waals surface area contributed by atoms with E-state index in [1.54, 1.807) is 31.1 Å². The van der Waals surface area contributed by atoms with E-state index in [1.165, 1.54) is 12.1 Å². The number of hydrogen-bond donors (Lipinski definition) is 1. The Bertz CT molecular complexity index is 1410. The molecule has 5 rings (SSSR count). The van der Waals surface area contributed by atoms with Gasteiger partial charge >= 0.3 is 0 Å². The highest BCUT2D eigenvalue weighted by Crippen LogP contribution is 2.33. The van der Waals surface area contributed by atoms with E-state index in [-0.39, 0.29) is 30.7 Å². The zero-order chi connectivity index (χ0) is 24.6. The largest absolute Gasteiger partial charge is 0.496 e. The number of rotatable bonds is 6. The van der Waals surface area contributed by atoms with Crippen LogP contribution in [0.15, 0.2) is 78.9 Å². The highest BCUT2D eigenvalue weighted by molar-refractivity contribution is 6.03. The minimum atomic E-state index is -1.18. The second kappa shape index (κ2) is 8.91. The second-order valence-corrected chi connectivity index (χ2v) is 8.96. The number of hydrogen-bond acceptors (Lipinski definition) is 3. The standard InChI is InChI=1S/C28H26FN3O3/c1-28(27(34)30-16-21-8-4-6-10-25(21)35-2)18-31-23-9-5-3-7-20(23)15-24(31)26(33)32(28)17-19-11-13-22(29)14-12-19/h3-15H,16-18H2,1-2H3,(H,30,34). The molecule has 35 heavy (non-hydrogen) atoms. The number of nitrogens with one attached hydrogen (secondary N) is 1. The van der Waals surface area contributed by atoms with Crippen molar-refractivity contribution in [2.75, 3.05) is 7.11 Å². The van der Waals surface area contributed by atoms with Gasteiger partial charge in [0.25, 0.3) is 5.91 Å². The van der Waals surface area contributed by atoms with Crippen LogP contribution in [0, 0.1) is 5.82 Å². The number of aromatic nitrogens is 1. The van der Waals surface area contributed by atoms with Crippen molar-refractivity contribution in [3.05, 3.63) is 102 Å². The monoisotopic (exact) mass is 471 g/mol. The summed E-state index contributed by atoms with van der Waals surface area (Å²) in [7, 11) is 1.59. The summed E-state index contributed by atoms with van der Waals surface area (Å²) in [6.45, 7) is 2.51. The lowest BCUT2D eigenvalue weighted by Gasteiger charge is -2.44. The predicted octanol–water partition coefficient (Wildman–Crippen LogP) is 4.52. The summed E-state index contributed by atoms with van der Waals surface area (Å²) < 4.78 is 20.8. The van der Waals surface area contributed by atoms with Crippen LogP contribution in [-0.4, -0.2) is 33.9 Å². The summed E-state index contributed by atoms with van der Waals surface area (Å²) >= 11 is 0. The maximum Gasteiger partial charge on any atom is 0.271 e. The number of fused-ring (bicyclic) bond motifs is 3. The Balaban J connectivity index is 1.52. The molecule has 0 aliphatic carbocycles.